The Balaban J connectivity index is 2.14. The van der Waals surface area contributed by atoms with E-state index in [2.05, 4.69) is 49.0 Å². The van der Waals surface area contributed by atoms with Crippen LogP contribution in [0.1, 0.15) is 39.2 Å². The number of esters is 1. The highest BCUT2D eigenvalue weighted by molar-refractivity contribution is 5.82. The Morgan fingerprint density at radius 2 is 2.23 bits per heavy atom. The zero-order chi connectivity index (χ0) is 19.1. The lowest BCUT2D eigenvalue weighted by atomic mass is 9.89. The molecule has 0 spiro atoms. The van der Waals surface area contributed by atoms with E-state index in [1.807, 2.05) is 12.3 Å². The first kappa shape index (κ1) is 20.2. The molecule has 6 nitrogen and oxygen atoms in total. The number of hydrogen-bond acceptors (Lipinski definition) is 4. The van der Waals surface area contributed by atoms with Gasteiger partial charge in [0, 0.05) is 44.5 Å². The first-order valence-corrected chi connectivity index (χ1v) is 9.48. The van der Waals surface area contributed by atoms with Crippen molar-refractivity contribution in [2.24, 2.45) is 22.7 Å². The van der Waals surface area contributed by atoms with Crippen molar-refractivity contribution in [1.82, 2.24) is 15.2 Å². The molecule has 6 heteroatoms. The number of hydrogen-bond donors (Lipinski definition) is 1. The van der Waals surface area contributed by atoms with Crippen LogP contribution in [0.5, 0.6) is 0 Å². The summed E-state index contributed by atoms with van der Waals surface area (Å²) in [5.74, 6) is 1.68. The van der Waals surface area contributed by atoms with Crippen molar-refractivity contribution in [3.05, 3.63) is 30.1 Å². The van der Waals surface area contributed by atoms with Crippen molar-refractivity contribution in [2.45, 2.75) is 33.6 Å². The number of aliphatic imine (C=N–C) groups is 1. The predicted molar refractivity (Wildman–Crippen MR) is 104 cm³/mol. The van der Waals surface area contributed by atoms with Gasteiger partial charge >= 0.3 is 5.97 Å². The molecule has 0 saturated carbocycles. The third-order valence-electron chi connectivity index (χ3n) is 5.11. The minimum absolute atomic E-state index is 0.0944. The van der Waals surface area contributed by atoms with E-state index in [-0.39, 0.29) is 17.8 Å². The Morgan fingerprint density at radius 3 is 2.81 bits per heavy atom. The summed E-state index contributed by atoms with van der Waals surface area (Å²) >= 11 is 0. The van der Waals surface area contributed by atoms with E-state index in [0.29, 0.717) is 24.9 Å². The highest BCUT2D eigenvalue weighted by Crippen LogP contribution is 2.26. The Kier molecular flexibility index (Phi) is 7.42. The zero-order valence-electron chi connectivity index (χ0n) is 16.6. The van der Waals surface area contributed by atoms with Crippen molar-refractivity contribution in [1.29, 1.82) is 0 Å². The minimum Gasteiger partial charge on any atom is -0.469 e. The molecule has 1 N–H and O–H groups in total. The summed E-state index contributed by atoms with van der Waals surface area (Å²) in [7, 11) is 1.46. The molecule has 0 aromatic carbocycles. The number of guanidine groups is 1. The van der Waals surface area contributed by atoms with Crippen molar-refractivity contribution < 1.29 is 9.53 Å². The first-order chi connectivity index (χ1) is 12.5. The number of aromatic nitrogens is 1. The van der Waals surface area contributed by atoms with Crippen LogP contribution in [-0.4, -0.2) is 55.1 Å². The number of rotatable bonds is 6. The van der Waals surface area contributed by atoms with Gasteiger partial charge in [0.2, 0.25) is 0 Å². The normalized spacial score (nSPS) is 21.8. The second kappa shape index (κ2) is 9.55. The third kappa shape index (κ3) is 4.96. The van der Waals surface area contributed by atoms with Crippen molar-refractivity contribution in [2.75, 3.05) is 33.3 Å². The zero-order valence-corrected chi connectivity index (χ0v) is 16.6. The first-order valence-electron chi connectivity index (χ1n) is 9.48. The van der Waals surface area contributed by atoms with Gasteiger partial charge < -0.3 is 15.0 Å². The lowest BCUT2D eigenvalue weighted by Crippen LogP contribution is -2.41. The van der Waals surface area contributed by atoms with Crippen molar-refractivity contribution in [3.8, 4) is 0 Å². The average molecular weight is 361 g/mol. The van der Waals surface area contributed by atoms with Crippen LogP contribution in [0.4, 0.5) is 0 Å². The molecule has 1 fully saturated rings. The van der Waals surface area contributed by atoms with Crippen LogP contribution >= 0.6 is 0 Å². The van der Waals surface area contributed by atoms with Gasteiger partial charge in [-0.15, -0.1) is 0 Å². The molecule has 3 unspecified atom stereocenters. The molecule has 0 bridgehead atoms. The standard InChI is InChI=1S/C20H32N4O2/c1-6-22-20(24-12-15(4)18(13-24)19(25)26-5)23-11-17(14(2)3)16-8-7-9-21-10-16/h7-10,14-15,17-18H,6,11-13H2,1-5H3,(H,22,23). The summed E-state index contributed by atoms with van der Waals surface area (Å²) < 4.78 is 4.95. The molecule has 3 atom stereocenters. The fourth-order valence-corrected chi connectivity index (χ4v) is 3.51. The lowest BCUT2D eigenvalue weighted by Gasteiger charge is -2.24. The van der Waals surface area contributed by atoms with E-state index in [1.165, 1.54) is 12.7 Å². The summed E-state index contributed by atoms with van der Waals surface area (Å²) in [4.78, 5) is 23.3. The number of carbonyl (C=O) groups is 1. The van der Waals surface area contributed by atoms with Crippen LogP contribution in [0.2, 0.25) is 0 Å². The van der Waals surface area contributed by atoms with E-state index < -0.39 is 0 Å². The quantitative estimate of drug-likeness (QED) is 0.480. The highest BCUT2D eigenvalue weighted by Gasteiger charge is 2.37. The van der Waals surface area contributed by atoms with Crippen LogP contribution in [0.3, 0.4) is 0 Å². The second-order valence-corrected chi connectivity index (χ2v) is 7.34. The van der Waals surface area contributed by atoms with E-state index in [9.17, 15) is 4.79 Å². The highest BCUT2D eigenvalue weighted by atomic mass is 16.5. The van der Waals surface area contributed by atoms with Gasteiger partial charge in [0.05, 0.1) is 13.0 Å². The monoisotopic (exact) mass is 360 g/mol. The molecule has 26 heavy (non-hydrogen) atoms. The lowest BCUT2D eigenvalue weighted by molar-refractivity contribution is -0.145. The molecule has 0 amide bonds. The Labute approximate surface area is 157 Å². The molecule has 0 aliphatic carbocycles. The van der Waals surface area contributed by atoms with Crippen LogP contribution in [-0.2, 0) is 9.53 Å². The van der Waals surface area contributed by atoms with Gasteiger partial charge in [-0.2, -0.15) is 0 Å². The number of carbonyl (C=O) groups excluding carboxylic acids is 1. The minimum atomic E-state index is -0.133. The molecular weight excluding hydrogens is 328 g/mol. The Morgan fingerprint density at radius 1 is 1.46 bits per heavy atom. The molecule has 2 rings (SSSR count). The smallest absolute Gasteiger partial charge is 0.310 e. The number of methoxy groups -OCH3 is 1. The van der Waals surface area contributed by atoms with Gasteiger partial charge in [0.25, 0.3) is 0 Å². The predicted octanol–water partition coefficient (Wildman–Crippen LogP) is 2.53. The molecule has 1 aromatic rings. The van der Waals surface area contributed by atoms with E-state index in [4.69, 9.17) is 9.73 Å². The van der Waals surface area contributed by atoms with Gasteiger partial charge in [0.1, 0.15) is 0 Å². The van der Waals surface area contributed by atoms with Crippen molar-refractivity contribution in [3.63, 3.8) is 0 Å². The molecule has 144 valence electrons. The van der Waals surface area contributed by atoms with Crippen LogP contribution in [0.15, 0.2) is 29.5 Å². The maximum Gasteiger partial charge on any atom is 0.310 e. The number of likely N-dealkylation sites (tertiary alicyclic amines) is 1. The van der Waals surface area contributed by atoms with E-state index in [1.54, 1.807) is 6.20 Å². The summed E-state index contributed by atoms with van der Waals surface area (Å²) in [6.45, 7) is 11.5. The molecule has 1 saturated heterocycles. The molecule has 2 heterocycles. The summed E-state index contributed by atoms with van der Waals surface area (Å²) in [5.41, 5.74) is 1.21. The van der Waals surface area contributed by atoms with Crippen LogP contribution in [0, 0.1) is 17.8 Å². The largest absolute Gasteiger partial charge is 0.469 e. The number of nitrogens with one attached hydrogen (secondary N) is 1. The summed E-state index contributed by atoms with van der Waals surface area (Å²) in [5, 5.41) is 3.38. The molecule has 1 aromatic heterocycles. The van der Waals surface area contributed by atoms with E-state index >= 15 is 0 Å². The molecule has 0 radical (unpaired) electrons. The SMILES string of the molecule is CCNC(=NCC(c1cccnc1)C(C)C)N1CC(C)C(C(=O)OC)C1. The van der Waals surface area contributed by atoms with Gasteiger partial charge in [-0.3, -0.25) is 14.8 Å². The maximum absolute atomic E-state index is 12.0. The van der Waals surface area contributed by atoms with E-state index in [0.717, 1.165) is 19.0 Å². The van der Waals surface area contributed by atoms with Crippen LogP contribution < -0.4 is 5.32 Å². The fourth-order valence-electron chi connectivity index (χ4n) is 3.51. The van der Waals surface area contributed by atoms with Gasteiger partial charge in [-0.05, 0) is 30.4 Å². The molecular formula is C20H32N4O2. The molecule has 1 aliphatic heterocycles. The Hall–Kier alpha value is -2.11. The van der Waals surface area contributed by atoms with Gasteiger partial charge in [-0.25, -0.2) is 0 Å². The number of nitrogens with zero attached hydrogens (tertiary/aromatic N) is 3. The average Bonchev–Trinajstić information content (AvgIpc) is 3.02. The fraction of sp³-hybridized carbons (Fsp3) is 0.650. The molecule has 1 aliphatic rings. The Bertz CT molecular complexity index is 603. The van der Waals surface area contributed by atoms with Crippen LogP contribution in [0.25, 0.3) is 0 Å². The van der Waals surface area contributed by atoms with Crippen molar-refractivity contribution >= 4 is 11.9 Å². The second-order valence-electron chi connectivity index (χ2n) is 7.34. The summed E-state index contributed by atoms with van der Waals surface area (Å²) in [6, 6.07) is 4.09. The summed E-state index contributed by atoms with van der Waals surface area (Å²) in [6.07, 6.45) is 3.73. The topological polar surface area (TPSA) is 66.8 Å². The number of pyridine rings is 1. The van der Waals surface area contributed by atoms with Gasteiger partial charge in [-0.1, -0.05) is 26.8 Å². The third-order valence-corrected chi connectivity index (χ3v) is 5.11. The van der Waals surface area contributed by atoms with Gasteiger partial charge in [0.15, 0.2) is 5.96 Å². The maximum atomic E-state index is 12.0. The number of ether oxygens (including phenoxy) is 1.